The molecule has 0 bridgehead atoms. The van der Waals surface area contributed by atoms with Crippen molar-refractivity contribution in [2.24, 2.45) is 0 Å². The smallest absolute Gasteiger partial charge is 0.243 e. The zero-order chi connectivity index (χ0) is 20.9. The number of benzene rings is 2. The Morgan fingerprint density at radius 2 is 1.75 bits per heavy atom. The number of carbonyl (C=O) groups excluding carboxylic acids is 1. The second-order valence-corrected chi connectivity index (χ2v) is 8.53. The van der Waals surface area contributed by atoms with Gasteiger partial charge in [0.15, 0.2) is 0 Å². The number of nitrogens with one attached hydrogen (secondary N) is 1. The zero-order valence-corrected chi connectivity index (χ0v) is 17.2. The highest BCUT2D eigenvalue weighted by atomic mass is 32.2. The van der Waals surface area contributed by atoms with Crippen LogP contribution in [0.2, 0.25) is 0 Å². The van der Waals surface area contributed by atoms with Crippen LogP contribution in [0.1, 0.15) is 19.4 Å². The lowest BCUT2D eigenvalue weighted by Crippen LogP contribution is -2.51. The Kier molecular flexibility index (Phi) is 7.01. The van der Waals surface area contributed by atoms with E-state index in [9.17, 15) is 17.6 Å². The number of anilines is 1. The first kappa shape index (κ1) is 21.7. The van der Waals surface area contributed by atoms with E-state index in [4.69, 9.17) is 4.74 Å². The van der Waals surface area contributed by atoms with Crippen LogP contribution in [0.15, 0.2) is 48.5 Å². The minimum absolute atomic E-state index is 0.170. The molecule has 2 atom stereocenters. The summed E-state index contributed by atoms with van der Waals surface area (Å²) >= 11 is 0. The summed E-state index contributed by atoms with van der Waals surface area (Å²) in [5.74, 6) is -0.557. The summed E-state index contributed by atoms with van der Waals surface area (Å²) in [4.78, 5) is 12.6. The highest BCUT2D eigenvalue weighted by Crippen LogP contribution is 2.24. The van der Waals surface area contributed by atoms with Crippen molar-refractivity contribution in [2.75, 3.05) is 17.2 Å². The van der Waals surface area contributed by atoms with Crippen LogP contribution in [0.3, 0.4) is 0 Å². The first-order valence-corrected chi connectivity index (χ1v) is 10.7. The molecule has 0 aliphatic carbocycles. The van der Waals surface area contributed by atoms with Gasteiger partial charge in [0.25, 0.3) is 0 Å². The average Bonchev–Trinajstić information content (AvgIpc) is 2.61. The van der Waals surface area contributed by atoms with E-state index in [2.05, 4.69) is 5.32 Å². The van der Waals surface area contributed by atoms with Crippen molar-refractivity contribution in [2.45, 2.75) is 32.9 Å². The van der Waals surface area contributed by atoms with Crippen LogP contribution in [-0.4, -0.2) is 39.3 Å². The molecule has 2 aromatic carbocycles. The van der Waals surface area contributed by atoms with Crippen molar-refractivity contribution in [3.8, 4) is 5.75 Å². The maximum atomic E-state index is 14.1. The molecule has 0 aliphatic rings. The normalized spacial score (nSPS) is 13.5. The van der Waals surface area contributed by atoms with Gasteiger partial charge >= 0.3 is 0 Å². The van der Waals surface area contributed by atoms with Gasteiger partial charge in [0.05, 0.1) is 18.0 Å². The number of hydrogen-bond acceptors (Lipinski definition) is 4. The van der Waals surface area contributed by atoms with Crippen molar-refractivity contribution in [3.05, 3.63) is 59.9 Å². The first-order valence-electron chi connectivity index (χ1n) is 8.84. The number of aryl methyl sites for hydroxylation is 1. The van der Waals surface area contributed by atoms with E-state index in [0.29, 0.717) is 5.75 Å². The lowest BCUT2D eigenvalue weighted by molar-refractivity contribution is -0.122. The average molecular weight is 408 g/mol. The van der Waals surface area contributed by atoms with Gasteiger partial charge in [-0.1, -0.05) is 30.3 Å². The number of nitrogens with zero attached hydrogens (tertiary/aromatic N) is 1. The molecule has 28 heavy (non-hydrogen) atoms. The predicted octanol–water partition coefficient (Wildman–Crippen LogP) is 2.87. The third-order valence-electron chi connectivity index (χ3n) is 4.15. The number of ether oxygens (including phenoxy) is 1. The molecule has 152 valence electrons. The van der Waals surface area contributed by atoms with Crippen LogP contribution >= 0.6 is 0 Å². The van der Waals surface area contributed by atoms with Crippen molar-refractivity contribution in [1.82, 2.24) is 5.32 Å². The number of carbonyl (C=O) groups is 1. The fourth-order valence-corrected chi connectivity index (χ4v) is 3.93. The Bertz CT molecular complexity index is 933. The maximum Gasteiger partial charge on any atom is 0.243 e. The van der Waals surface area contributed by atoms with Crippen LogP contribution in [0.25, 0.3) is 0 Å². The third kappa shape index (κ3) is 5.45. The number of sulfonamides is 1. The minimum atomic E-state index is -3.88. The monoisotopic (exact) mass is 408 g/mol. The van der Waals surface area contributed by atoms with E-state index in [-0.39, 0.29) is 18.3 Å². The van der Waals surface area contributed by atoms with E-state index >= 15 is 0 Å². The van der Waals surface area contributed by atoms with E-state index in [1.54, 1.807) is 6.92 Å². The van der Waals surface area contributed by atoms with Gasteiger partial charge in [-0.2, -0.15) is 0 Å². The summed E-state index contributed by atoms with van der Waals surface area (Å²) in [6, 6.07) is 11.4. The second-order valence-electron chi connectivity index (χ2n) is 6.67. The van der Waals surface area contributed by atoms with Gasteiger partial charge in [-0.3, -0.25) is 9.10 Å². The number of halogens is 1. The molecule has 1 N–H and O–H groups in total. The summed E-state index contributed by atoms with van der Waals surface area (Å²) in [5.41, 5.74) is 0.800. The highest BCUT2D eigenvalue weighted by Gasteiger charge is 2.31. The molecule has 0 fully saturated rings. The quantitative estimate of drug-likeness (QED) is 0.729. The molecule has 0 aliphatic heterocycles. The third-order valence-corrected chi connectivity index (χ3v) is 5.38. The molecule has 1 amide bonds. The summed E-state index contributed by atoms with van der Waals surface area (Å²) in [5, 5.41) is 2.72. The van der Waals surface area contributed by atoms with Crippen molar-refractivity contribution in [3.63, 3.8) is 0 Å². The molecule has 0 aromatic heterocycles. The largest absolute Gasteiger partial charge is 0.491 e. The van der Waals surface area contributed by atoms with Crippen molar-refractivity contribution >= 4 is 21.6 Å². The molecular formula is C20H25FN2O4S. The lowest BCUT2D eigenvalue weighted by Gasteiger charge is -2.29. The number of amides is 1. The fraction of sp³-hybridized carbons (Fsp3) is 0.350. The maximum absolute atomic E-state index is 14.1. The SMILES string of the molecule is Cc1ccccc1OCC(C)NC(=O)C(C)N(c1ccccc1F)S(C)(=O)=O. The molecule has 0 spiro atoms. The van der Waals surface area contributed by atoms with Gasteiger partial charge in [0.1, 0.15) is 24.2 Å². The highest BCUT2D eigenvalue weighted by molar-refractivity contribution is 7.92. The molecule has 0 saturated heterocycles. The molecule has 2 rings (SSSR count). The van der Waals surface area contributed by atoms with Crippen molar-refractivity contribution in [1.29, 1.82) is 0 Å². The second kappa shape index (κ2) is 9.05. The molecule has 0 heterocycles. The first-order chi connectivity index (χ1) is 13.1. The Morgan fingerprint density at radius 3 is 2.36 bits per heavy atom. The van der Waals surface area contributed by atoms with Gasteiger partial charge in [0.2, 0.25) is 15.9 Å². The molecule has 2 unspecified atom stereocenters. The van der Waals surface area contributed by atoms with Gasteiger partial charge in [0, 0.05) is 0 Å². The minimum Gasteiger partial charge on any atom is -0.491 e. The Morgan fingerprint density at radius 1 is 1.14 bits per heavy atom. The van der Waals surface area contributed by atoms with E-state index < -0.39 is 27.8 Å². The standard InChI is InChI=1S/C20H25FN2O4S/c1-14-9-5-8-12-19(14)27-13-15(2)22-20(24)16(3)23(28(4,25)26)18-11-7-6-10-17(18)21/h5-12,15-16H,13H2,1-4H3,(H,22,24). The number of hydrogen-bond donors (Lipinski definition) is 1. The van der Waals surface area contributed by atoms with Crippen LogP contribution in [0, 0.1) is 12.7 Å². The lowest BCUT2D eigenvalue weighted by atomic mass is 10.2. The van der Waals surface area contributed by atoms with Crippen LogP contribution in [-0.2, 0) is 14.8 Å². The Labute approximate surface area is 165 Å². The summed E-state index contributed by atoms with van der Waals surface area (Å²) in [7, 11) is -3.88. The zero-order valence-electron chi connectivity index (χ0n) is 16.3. The Balaban J connectivity index is 2.08. The molecule has 2 aromatic rings. The predicted molar refractivity (Wildman–Crippen MR) is 107 cm³/mol. The van der Waals surface area contributed by atoms with Crippen molar-refractivity contribution < 1.29 is 22.3 Å². The topological polar surface area (TPSA) is 75.7 Å². The van der Waals surface area contributed by atoms with Crippen LogP contribution in [0.5, 0.6) is 5.75 Å². The summed E-state index contributed by atoms with van der Waals surface area (Å²) < 4.78 is 45.1. The number of para-hydroxylation sites is 2. The summed E-state index contributed by atoms with van der Waals surface area (Å²) in [6.45, 7) is 5.29. The van der Waals surface area contributed by atoms with E-state index in [0.717, 1.165) is 22.2 Å². The van der Waals surface area contributed by atoms with E-state index in [1.807, 2.05) is 31.2 Å². The van der Waals surface area contributed by atoms with Crippen LogP contribution < -0.4 is 14.4 Å². The van der Waals surface area contributed by atoms with Crippen LogP contribution in [0.4, 0.5) is 10.1 Å². The molecule has 6 nitrogen and oxygen atoms in total. The molecule has 8 heteroatoms. The Hall–Kier alpha value is -2.61. The van der Waals surface area contributed by atoms with Gasteiger partial charge in [-0.15, -0.1) is 0 Å². The summed E-state index contributed by atoms with van der Waals surface area (Å²) in [6.07, 6.45) is 0.938. The van der Waals surface area contributed by atoms with Gasteiger partial charge < -0.3 is 10.1 Å². The number of rotatable bonds is 8. The van der Waals surface area contributed by atoms with E-state index in [1.165, 1.54) is 25.1 Å². The molecular weight excluding hydrogens is 383 g/mol. The van der Waals surface area contributed by atoms with Gasteiger partial charge in [-0.25, -0.2) is 12.8 Å². The fourth-order valence-electron chi connectivity index (χ4n) is 2.75. The molecule has 0 radical (unpaired) electrons. The van der Waals surface area contributed by atoms with Gasteiger partial charge in [-0.05, 0) is 44.5 Å². The molecule has 0 saturated carbocycles.